The van der Waals surface area contributed by atoms with Crippen molar-refractivity contribution in [1.29, 1.82) is 0 Å². The van der Waals surface area contributed by atoms with E-state index >= 15 is 0 Å². The Balaban J connectivity index is 1.03. The molecular formula is C37H55N3O3. The summed E-state index contributed by atoms with van der Waals surface area (Å²) in [6.45, 7) is 11.2. The summed E-state index contributed by atoms with van der Waals surface area (Å²) >= 11 is 0. The van der Waals surface area contributed by atoms with Crippen molar-refractivity contribution in [2.24, 2.45) is 39.7 Å². The van der Waals surface area contributed by atoms with Crippen LogP contribution in [0.5, 0.6) is 0 Å². The first-order chi connectivity index (χ1) is 20.6. The zero-order chi connectivity index (χ0) is 30.4. The molecule has 3 unspecified atom stereocenters. The molecule has 5 aliphatic rings. The summed E-state index contributed by atoms with van der Waals surface area (Å²) in [5, 5.41) is 18.3. The zero-order valence-corrected chi connectivity index (χ0v) is 27.3. The molecule has 6 rings (SSSR count). The topological polar surface area (TPSA) is 74.2 Å². The van der Waals surface area contributed by atoms with E-state index < -0.39 is 0 Å². The van der Waals surface area contributed by atoms with Crippen LogP contribution < -0.4 is 5.32 Å². The van der Waals surface area contributed by atoms with E-state index in [1.54, 1.807) is 0 Å². The zero-order valence-electron chi connectivity index (χ0n) is 27.3. The quantitative estimate of drug-likeness (QED) is 0.357. The van der Waals surface area contributed by atoms with E-state index in [0.29, 0.717) is 30.3 Å². The Morgan fingerprint density at radius 2 is 1.86 bits per heavy atom. The number of carbonyl (C=O) groups is 1. The monoisotopic (exact) mass is 589 g/mol. The van der Waals surface area contributed by atoms with Crippen LogP contribution in [0.1, 0.15) is 97.5 Å². The van der Waals surface area contributed by atoms with Crippen molar-refractivity contribution in [2.75, 3.05) is 26.7 Å². The van der Waals surface area contributed by atoms with Gasteiger partial charge in [-0.1, -0.05) is 61.8 Å². The Morgan fingerprint density at radius 3 is 2.65 bits per heavy atom. The van der Waals surface area contributed by atoms with Crippen LogP contribution in [0.25, 0.3) is 0 Å². The second kappa shape index (κ2) is 12.0. The molecule has 4 aliphatic carbocycles. The Hall–Kier alpha value is -2.18. The first-order valence-electron chi connectivity index (χ1n) is 17.2. The van der Waals surface area contributed by atoms with E-state index in [1.807, 2.05) is 0 Å². The molecule has 3 saturated carbocycles. The highest BCUT2D eigenvalue weighted by Crippen LogP contribution is 2.65. The highest BCUT2D eigenvalue weighted by Gasteiger charge is 2.58. The Kier molecular flexibility index (Phi) is 8.58. The summed E-state index contributed by atoms with van der Waals surface area (Å²) in [7, 11) is 2.22. The van der Waals surface area contributed by atoms with Gasteiger partial charge >= 0.3 is 0 Å². The van der Waals surface area contributed by atoms with Gasteiger partial charge in [0.2, 0.25) is 0 Å². The van der Waals surface area contributed by atoms with Gasteiger partial charge in [-0.25, -0.2) is 0 Å². The summed E-state index contributed by atoms with van der Waals surface area (Å²) in [4.78, 5) is 20.9. The van der Waals surface area contributed by atoms with Gasteiger partial charge in [0, 0.05) is 24.5 Å². The summed E-state index contributed by atoms with van der Waals surface area (Å²) in [5.74, 6) is 2.51. The number of oxime groups is 1. The molecular weight excluding hydrogens is 534 g/mol. The number of nitrogens with zero attached hydrogens (tertiary/aromatic N) is 2. The van der Waals surface area contributed by atoms with E-state index in [1.165, 1.54) is 30.4 Å². The van der Waals surface area contributed by atoms with Gasteiger partial charge in [0.15, 0.2) is 6.61 Å². The lowest BCUT2D eigenvalue weighted by atomic mass is 9.47. The maximum Gasteiger partial charge on any atom is 0.260 e. The van der Waals surface area contributed by atoms with Crippen LogP contribution in [0, 0.1) is 34.5 Å². The largest absolute Gasteiger partial charge is 0.393 e. The van der Waals surface area contributed by atoms with E-state index in [2.05, 4.69) is 86.5 Å². The first kappa shape index (κ1) is 30.8. The molecule has 1 saturated heterocycles. The van der Waals surface area contributed by atoms with Gasteiger partial charge in [0.05, 0.1) is 11.8 Å². The molecule has 0 radical (unpaired) electrons. The number of aliphatic hydroxyl groups is 1. The molecule has 0 spiro atoms. The number of hydrogen-bond donors (Lipinski definition) is 2. The molecule has 1 aliphatic heterocycles. The minimum Gasteiger partial charge on any atom is -0.393 e. The molecule has 4 fully saturated rings. The first-order valence-corrected chi connectivity index (χ1v) is 17.2. The van der Waals surface area contributed by atoms with Crippen molar-refractivity contribution < 1.29 is 14.7 Å². The number of carbonyl (C=O) groups excluding carboxylic acids is 1. The second-order valence-electron chi connectivity index (χ2n) is 15.5. The van der Waals surface area contributed by atoms with Crippen LogP contribution in [0.4, 0.5) is 0 Å². The minimum atomic E-state index is -0.117. The lowest BCUT2D eigenvalue weighted by Gasteiger charge is -2.57. The summed E-state index contributed by atoms with van der Waals surface area (Å²) in [6.07, 6.45) is 13.1. The number of likely N-dealkylation sites (tertiary alicyclic amines) is 1. The molecule has 43 heavy (non-hydrogen) atoms. The van der Waals surface area contributed by atoms with Crippen LogP contribution in [0.3, 0.4) is 0 Å². The SMILES string of the molecule is CC1CC(CCNC(=O)CO/N=C2/C=C3CC[C@H]4[C@@H]5CC[C@H](O)[C@@]5(C)CC[C@@H]4[C@@]3(C)CC2)(c2ccccc2)C(C)CN1C. The molecule has 6 heteroatoms. The standard InChI is InChI=1S/C37H55N3O3/c1-25-23-40(5)26(2)22-37(25,27-9-7-6-8-10-27)19-20-38-34(42)24-43-39-29-15-17-35(3)28(21-29)11-12-30-31-13-14-33(41)36(31,4)18-16-32(30)35/h6-10,21,25-26,30-33,41H,11-20,22-24H2,1-5H3,(H,38,42)/b39-29+/t25?,26?,30-,31-,32-,33-,35-,36-,37?/m0/s1. The smallest absolute Gasteiger partial charge is 0.260 e. The number of amides is 1. The normalized spacial score (nSPS) is 42.0. The average molecular weight is 590 g/mol. The predicted molar refractivity (Wildman–Crippen MR) is 173 cm³/mol. The fourth-order valence-corrected chi connectivity index (χ4v) is 10.6. The lowest BCUT2D eigenvalue weighted by molar-refractivity contribution is -0.125. The Labute approximate surface area is 259 Å². The van der Waals surface area contributed by atoms with E-state index in [0.717, 1.165) is 63.1 Å². The third kappa shape index (κ3) is 5.49. The molecule has 1 heterocycles. The van der Waals surface area contributed by atoms with E-state index in [9.17, 15) is 9.90 Å². The van der Waals surface area contributed by atoms with Gasteiger partial charge in [0.1, 0.15) is 0 Å². The van der Waals surface area contributed by atoms with Gasteiger partial charge in [-0.05, 0) is 124 Å². The van der Waals surface area contributed by atoms with Crippen LogP contribution in [-0.2, 0) is 15.0 Å². The molecule has 2 N–H and O–H groups in total. The molecule has 1 aromatic carbocycles. The highest BCUT2D eigenvalue weighted by atomic mass is 16.6. The van der Waals surface area contributed by atoms with Gasteiger partial charge < -0.3 is 20.2 Å². The molecule has 1 amide bonds. The van der Waals surface area contributed by atoms with E-state index in [4.69, 9.17) is 4.84 Å². The summed E-state index contributed by atoms with van der Waals surface area (Å²) in [5.41, 5.74) is 4.30. The van der Waals surface area contributed by atoms with Crippen molar-refractivity contribution in [3.63, 3.8) is 0 Å². The summed E-state index contributed by atoms with van der Waals surface area (Å²) < 4.78 is 0. The number of nitrogens with one attached hydrogen (secondary N) is 1. The Morgan fingerprint density at radius 1 is 1.07 bits per heavy atom. The number of piperidine rings is 1. The molecule has 6 nitrogen and oxygen atoms in total. The average Bonchev–Trinajstić information content (AvgIpc) is 3.30. The van der Waals surface area contributed by atoms with Crippen LogP contribution in [0.2, 0.25) is 0 Å². The maximum atomic E-state index is 12.8. The lowest BCUT2D eigenvalue weighted by Crippen LogP contribution is -2.52. The molecule has 1 aromatic rings. The second-order valence-corrected chi connectivity index (χ2v) is 15.5. The van der Waals surface area contributed by atoms with Crippen LogP contribution in [-0.4, -0.2) is 60.5 Å². The highest BCUT2D eigenvalue weighted by molar-refractivity contribution is 5.96. The van der Waals surface area contributed by atoms with Crippen molar-refractivity contribution in [2.45, 2.75) is 109 Å². The van der Waals surface area contributed by atoms with E-state index in [-0.39, 0.29) is 34.9 Å². The fraction of sp³-hybridized carbons (Fsp3) is 0.730. The molecule has 9 atom stereocenters. The van der Waals surface area contributed by atoms with Crippen molar-refractivity contribution >= 4 is 11.6 Å². The number of allylic oxidation sites excluding steroid dienone is 2. The van der Waals surface area contributed by atoms with Gasteiger partial charge in [0.25, 0.3) is 5.91 Å². The van der Waals surface area contributed by atoms with Crippen molar-refractivity contribution in [3.8, 4) is 0 Å². The van der Waals surface area contributed by atoms with Crippen molar-refractivity contribution in [1.82, 2.24) is 10.2 Å². The number of benzene rings is 1. The third-order valence-corrected chi connectivity index (χ3v) is 13.5. The van der Waals surface area contributed by atoms with Crippen LogP contribution >= 0.6 is 0 Å². The maximum absolute atomic E-state index is 12.8. The van der Waals surface area contributed by atoms with Gasteiger partial charge in [-0.2, -0.15) is 0 Å². The van der Waals surface area contributed by atoms with Gasteiger partial charge in [-0.15, -0.1) is 0 Å². The number of rotatable bonds is 7. The molecule has 0 aromatic heterocycles. The number of fused-ring (bicyclic) bond motifs is 5. The van der Waals surface area contributed by atoms with Crippen LogP contribution in [0.15, 0.2) is 47.1 Å². The fourth-order valence-electron chi connectivity index (χ4n) is 10.6. The Bertz CT molecular complexity index is 1230. The minimum absolute atomic E-state index is 0.0374. The van der Waals surface area contributed by atoms with Crippen molar-refractivity contribution in [3.05, 3.63) is 47.5 Å². The third-order valence-electron chi connectivity index (χ3n) is 13.5. The molecule has 0 bridgehead atoms. The predicted octanol–water partition coefficient (Wildman–Crippen LogP) is 6.49. The number of aliphatic hydroxyl groups excluding tert-OH is 1. The molecule has 236 valence electrons. The number of hydrogen-bond acceptors (Lipinski definition) is 5. The van der Waals surface area contributed by atoms with Gasteiger partial charge in [-0.3, -0.25) is 4.79 Å². The summed E-state index contributed by atoms with van der Waals surface area (Å²) in [6, 6.07) is 11.4.